The summed E-state index contributed by atoms with van der Waals surface area (Å²) in [5.41, 5.74) is 5.30. The second-order valence-electron chi connectivity index (χ2n) is 3.49. The lowest BCUT2D eigenvalue weighted by atomic mass is 10.2. The van der Waals surface area contributed by atoms with Gasteiger partial charge in [-0.1, -0.05) is 6.92 Å². The van der Waals surface area contributed by atoms with Crippen LogP contribution in [0.4, 0.5) is 20.2 Å². The first-order valence-corrected chi connectivity index (χ1v) is 6.87. The first kappa shape index (κ1) is 13.7. The van der Waals surface area contributed by atoms with Crippen LogP contribution < -0.4 is 11.1 Å². The minimum absolute atomic E-state index is 0.00972. The molecule has 96 valence electrons. The summed E-state index contributed by atoms with van der Waals surface area (Å²) in [4.78, 5) is 0. The molecule has 0 saturated carbocycles. The highest BCUT2D eigenvalue weighted by atomic mass is 32.2. The molecule has 7 heteroatoms. The van der Waals surface area contributed by atoms with Crippen LogP contribution in [0.5, 0.6) is 0 Å². The normalized spacial score (nSPS) is 11.5. The van der Waals surface area contributed by atoms with Crippen LogP contribution in [0.2, 0.25) is 0 Å². The molecule has 0 aromatic heterocycles. The van der Waals surface area contributed by atoms with E-state index in [1.165, 1.54) is 13.0 Å². The molecule has 3 N–H and O–H groups in total. The summed E-state index contributed by atoms with van der Waals surface area (Å²) in [7, 11) is -3.14. The zero-order valence-electron chi connectivity index (χ0n) is 9.33. The van der Waals surface area contributed by atoms with Crippen LogP contribution in [0.15, 0.2) is 12.1 Å². The number of sulfone groups is 1. The minimum Gasteiger partial charge on any atom is -0.397 e. The van der Waals surface area contributed by atoms with E-state index in [1.54, 1.807) is 0 Å². The average molecular weight is 264 g/mol. The van der Waals surface area contributed by atoms with Crippen molar-refractivity contribution in [2.75, 3.05) is 29.1 Å². The Hall–Kier alpha value is -1.37. The number of benzene rings is 1. The maximum absolute atomic E-state index is 13.3. The topological polar surface area (TPSA) is 72.2 Å². The molecule has 0 aliphatic heterocycles. The van der Waals surface area contributed by atoms with Gasteiger partial charge in [-0.25, -0.2) is 17.2 Å². The molecule has 0 atom stereocenters. The number of halogens is 2. The quantitative estimate of drug-likeness (QED) is 0.788. The van der Waals surface area contributed by atoms with E-state index in [0.717, 1.165) is 6.07 Å². The summed E-state index contributed by atoms with van der Waals surface area (Å²) < 4.78 is 48.6. The predicted molar refractivity (Wildman–Crippen MR) is 63.6 cm³/mol. The van der Waals surface area contributed by atoms with E-state index >= 15 is 0 Å². The third kappa shape index (κ3) is 3.55. The van der Waals surface area contributed by atoms with Crippen molar-refractivity contribution in [3.8, 4) is 0 Å². The van der Waals surface area contributed by atoms with Crippen LogP contribution in [0.3, 0.4) is 0 Å². The molecule has 0 amide bonds. The van der Waals surface area contributed by atoms with Gasteiger partial charge in [0, 0.05) is 12.3 Å². The van der Waals surface area contributed by atoms with Crippen LogP contribution in [-0.2, 0) is 9.84 Å². The molecule has 0 aliphatic rings. The van der Waals surface area contributed by atoms with Crippen molar-refractivity contribution in [1.82, 2.24) is 0 Å². The molecule has 1 rings (SSSR count). The average Bonchev–Trinajstić information content (AvgIpc) is 2.28. The Kier molecular flexibility index (Phi) is 4.28. The summed E-state index contributed by atoms with van der Waals surface area (Å²) in [6.45, 7) is 1.51. The summed E-state index contributed by atoms with van der Waals surface area (Å²) in [5.74, 6) is -2.27. The SMILES string of the molecule is CCS(=O)(=O)CCNc1c(N)ccc(F)c1F. The summed E-state index contributed by atoms with van der Waals surface area (Å²) in [6.07, 6.45) is 0. The number of hydrogen-bond donors (Lipinski definition) is 2. The van der Waals surface area contributed by atoms with Gasteiger partial charge in [-0.05, 0) is 12.1 Å². The number of rotatable bonds is 5. The third-order valence-corrected chi connectivity index (χ3v) is 3.99. The van der Waals surface area contributed by atoms with Gasteiger partial charge in [-0.15, -0.1) is 0 Å². The summed E-state index contributed by atoms with van der Waals surface area (Å²) in [5, 5.41) is 2.49. The van der Waals surface area contributed by atoms with Crippen molar-refractivity contribution in [3.05, 3.63) is 23.8 Å². The molecule has 0 heterocycles. The van der Waals surface area contributed by atoms with Gasteiger partial charge in [0.05, 0.1) is 17.1 Å². The fourth-order valence-corrected chi connectivity index (χ4v) is 1.92. The summed E-state index contributed by atoms with van der Waals surface area (Å²) >= 11 is 0. The zero-order chi connectivity index (χ0) is 13.1. The molecule has 0 fully saturated rings. The van der Waals surface area contributed by atoms with Gasteiger partial charge in [-0.3, -0.25) is 0 Å². The molecule has 4 nitrogen and oxygen atoms in total. The first-order valence-electron chi connectivity index (χ1n) is 5.05. The van der Waals surface area contributed by atoms with Gasteiger partial charge >= 0.3 is 0 Å². The number of anilines is 2. The largest absolute Gasteiger partial charge is 0.397 e. The number of hydrogen-bond acceptors (Lipinski definition) is 4. The fraction of sp³-hybridized carbons (Fsp3) is 0.400. The van der Waals surface area contributed by atoms with Gasteiger partial charge < -0.3 is 11.1 Å². The van der Waals surface area contributed by atoms with Crippen molar-refractivity contribution >= 4 is 21.2 Å². The lowest BCUT2D eigenvalue weighted by Gasteiger charge is -2.10. The van der Waals surface area contributed by atoms with E-state index in [-0.39, 0.29) is 29.4 Å². The van der Waals surface area contributed by atoms with Crippen molar-refractivity contribution < 1.29 is 17.2 Å². The number of nitrogens with two attached hydrogens (primary N) is 1. The fourth-order valence-electron chi connectivity index (χ4n) is 1.22. The molecule has 0 saturated heterocycles. The maximum atomic E-state index is 13.3. The highest BCUT2D eigenvalue weighted by molar-refractivity contribution is 7.91. The maximum Gasteiger partial charge on any atom is 0.183 e. The lowest BCUT2D eigenvalue weighted by Crippen LogP contribution is -2.18. The third-order valence-electron chi connectivity index (χ3n) is 2.28. The summed E-state index contributed by atoms with van der Waals surface area (Å²) in [6, 6.07) is 2.13. The standard InChI is InChI=1S/C10H14F2N2O2S/c1-2-17(15,16)6-5-14-10-8(13)4-3-7(11)9(10)12/h3-4,14H,2,5-6,13H2,1H3. The zero-order valence-corrected chi connectivity index (χ0v) is 10.2. The van der Waals surface area contributed by atoms with Crippen molar-refractivity contribution in [1.29, 1.82) is 0 Å². The number of nitrogen functional groups attached to an aromatic ring is 1. The molecule has 17 heavy (non-hydrogen) atoms. The van der Waals surface area contributed by atoms with Crippen LogP contribution in [0.25, 0.3) is 0 Å². The Morgan fingerprint density at radius 1 is 1.35 bits per heavy atom. The highest BCUT2D eigenvalue weighted by Crippen LogP contribution is 2.24. The van der Waals surface area contributed by atoms with E-state index in [2.05, 4.69) is 5.32 Å². The van der Waals surface area contributed by atoms with Crippen molar-refractivity contribution in [2.24, 2.45) is 0 Å². The Labute approximate surface area is 98.7 Å². The molecule has 0 bridgehead atoms. The van der Waals surface area contributed by atoms with E-state index in [1.807, 2.05) is 0 Å². The van der Waals surface area contributed by atoms with E-state index < -0.39 is 21.5 Å². The second kappa shape index (κ2) is 5.31. The highest BCUT2D eigenvalue weighted by Gasteiger charge is 2.13. The molecule has 1 aromatic rings. The van der Waals surface area contributed by atoms with Crippen LogP contribution in [0.1, 0.15) is 6.92 Å². The molecule has 0 radical (unpaired) electrons. The number of nitrogens with one attached hydrogen (secondary N) is 1. The molecule has 0 unspecified atom stereocenters. The van der Waals surface area contributed by atoms with Crippen LogP contribution in [0, 0.1) is 11.6 Å². The Morgan fingerprint density at radius 3 is 2.59 bits per heavy atom. The van der Waals surface area contributed by atoms with Gasteiger partial charge in [0.2, 0.25) is 0 Å². The molecule has 0 aliphatic carbocycles. The second-order valence-corrected chi connectivity index (χ2v) is 5.96. The predicted octanol–water partition coefficient (Wildman–Crippen LogP) is 1.39. The van der Waals surface area contributed by atoms with Gasteiger partial charge in [0.1, 0.15) is 0 Å². The Balaban J connectivity index is 2.74. The van der Waals surface area contributed by atoms with Gasteiger partial charge in [-0.2, -0.15) is 0 Å². The van der Waals surface area contributed by atoms with E-state index in [0.29, 0.717) is 0 Å². The lowest BCUT2D eigenvalue weighted by molar-refractivity contribution is 0.511. The smallest absolute Gasteiger partial charge is 0.183 e. The van der Waals surface area contributed by atoms with E-state index in [9.17, 15) is 17.2 Å². The Morgan fingerprint density at radius 2 is 2.00 bits per heavy atom. The van der Waals surface area contributed by atoms with Gasteiger partial charge in [0.25, 0.3) is 0 Å². The monoisotopic (exact) mass is 264 g/mol. The molecular formula is C10H14F2N2O2S. The minimum atomic E-state index is -3.14. The van der Waals surface area contributed by atoms with Crippen molar-refractivity contribution in [3.63, 3.8) is 0 Å². The molecule has 0 spiro atoms. The molecule has 1 aromatic carbocycles. The van der Waals surface area contributed by atoms with Crippen LogP contribution in [-0.4, -0.2) is 26.5 Å². The molecular weight excluding hydrogens is 250 g/mol. The van der Waals surface area contributed by atoms with Crippen molar-refractivity contribution in [2.45, 2.75) is 6.92 Å². The van der Waals surface area contributed by atoms with Crippen LogP contribution >= 0.6 is 0 Å². The Bertz CT molecular complexity index is 503. The van der Waals surface area contributed by atoms with E-state index in [4.69, 9.17) is 5.73 Å². The first-order chi connectivity index (χ1) is 7.87. The van der Waals surface area contributed by atoms with Gasteiger partial charge in [0.15, 0.2) is 21.5 Å².